The van der Waals surface area contributed by atoms with Crippen LogP contribution in [-0.2, 0) is 16.1 Å². The van der Waals surface area contributed by atoms with E-state index in [0.29, 0.717) is 11.3 Å². The van der Waals surface area contributed by atoms with Gasteiger partial charge in [-0.3, -0.25) is 4.79 Å². The second-order valence-corrected chi connectivity index (χ2v) is 5.84. The molecule has 1 N–H and O–H groups in total. The maximum absolute atomic E-state index is 12.1. The SMILES string of the molecule is Cc1ccccc1COC(=O)c1ccc(NC(=O)C2CC2)cc1. The smallest absolute Gasteiger partial charge is 0.338 e. The van der Waals surface area contributed by atoms with Crippen molar-refractivity contribution in [1.82, 2.24) is 0 Å². The van der Waals surface area contributed by atoms with Crippen LogP contribution in [0.25, 0.3) is 0 Å². The zero-order valence-electron chi connectivity index (χ0n) is 13.0. The first-order valence-corrected chi connectivity index (χ1v) is 7.76. The van der Waals surface area contributed by atoms with Gasteiger partial charge in [0, 0.05) is 11.6 Å². The van der Waals surface area contributed by atoms with Crippen LogP contribution in [0.1, 0.15) is 34.3 Å². The number of aryl methyl sites for hydroxylation is 1. The average molecular weight is 309 g/mol. The number of carbonyl (C=O) groups excluding carboxylic acids is 2. The van der Waals surface area contributed by atoms with Gasteiger partial charge in [-0.15, -0.1) is 0 Å². The molecular formula is C19H19NO3. The highest BCUT2D eigenvalue weighted by Crippen LogP contribution is 2.30. The fraction of sp³-hybridized carbons (Fsp3) is 0.263. The van der Waals surface area contributed by atoms with Gasteiger partial charge in [0.05, 0.1) is 5.56 Å². The molecule has 3 rings (SSSR count). The van der Waals surface area contributed by atoms with Crippen LogP contribution in [0.3, 0.4) is 0 Å². The average Bonchev–Trinajstić information content (AvgIpc) is 3.39. The van der Waals surface area contributed by atoms with E-state index in [1.807, 2.05) is 31.2 Å². The number of esters is 1. The van der Waals surface area contributed by atoms with Crippen LogP contribution in [0.15, 0.2) is 48.5 Å². The third kappa shape index (κ3) is 3.97. The molecule has 4 nitrogen and oxygen atoms in total. The molecule has 2 aromatic rings. The Morgan fingerprint density at radius 2 is 1.78 bits per heavy atom. The van der Waals surface area contributed by atoms with Crippen LogP contribution < -0.4 is 5.32 Å². The lowest BCUT2D eigenvalue weighted by Crippen LogP contribution is -2.13. The van der Waals surface area contributed by atoms with Gasteiger partial charge in [0.1, 0.15) is 6.61 Å². The first kappa shape index (κ1) is 15.3. The molecule has 1 aliphatic carbocycles. The van der Waals surface area contributed by atoms with Gasteiger partial charge >= 0.3 is 5.97 Å². The van der Waals surface area contributed by atoms with Crippen molar-refractivity contribution in [3.8, 4) is 0 Å². The number of rotatable bonds is 5. The Balaban J connectivity index is 1.57. The van der Waals surface area contributed by atoms with E-state index in [9.17, 15) is 9.59 Å². The molecule has 0 bridgehead atoms. The largest absolute Gasteiger partial charge is 0.457 e. The van der Waals surface area contributed by atoms with Crippen molar-refractivity contribution in [2.75, 3.05) is 5.32 Å². The molecule has 1 saturated carbocycles. The summed E-state index contributed by atoms with van der Waals surface area (Å²) >= 11 is 0. The summed E-state index contributed by atoms with van der Waals surface area (Å²) < 4.78 is 5.34. The Bertz CT molecular complexity index is 718. The number of carbonyl (C=O) groups is 2. The molecule has 0 aromatic heterocycles. The molecule has 118 valence electrons. The van der Waals surface area contributed by atoms with Gasteiger partial charge in [-0.1, -0.05) is 24.3 Å². The number of nitrogens with one attached hydrogen (secondary N) is 1. The van der Waals surface area contributed by atoms with Crippen molar-refractivity contribution in [1.29, 1.82) is 0 Å². The molecule has 0 spiro atoms. The maximum Gasteiger partial charge on any atom is 0.338 e. The van der Waals surface area contributed by atoms with E-state index in [0.717, 1.165) is 24.0 Å². The van der Waals surface area contributed by atoms with Crippen molar-refractivity contribution in [3.63, 3.8) is 0 Å². The lowest BCUT2D eigenvalue weighted by Gasteiger charge is -2.08. The van der Waals surface area contributed by atoms with E-state index in [-0.39, 0.29) is 24.4 Å². The van der Waals surface area contributed by atoms with Crippen molar-refractivity contribution in [2.45, 2.75) is 26.4 Å². The Morgan fingerprint density at radius 3 is 2.43 bits per heavy atom. The zero-order chi connectivity index (χ0) is 16.2. The molecule has 0 aliphatic heterocycles. The molecule has 2 aromatic carbocycles. The van der Waals surface area contributed by atoms with E-state index in [1.54, 1.807) is 24.3 Å². The first-order chi connectivity index (χ1) is 11.1. The van der Waals surface area contributed by atoms with E-state index in [1.165, 1.54) is 0 Å². The summed E-state index contributed by atoms with van der Waals surface area (Å²) in [5, 5.41) is 2.84. The number of benzene rings is 2. The highest BCUT2D eigenvalue weighted by molar-refractivity contribution is 5.95. The Labute approximate surface area is 135 Å². The van der Waals surface area contributed by atoms with Gasteiger partial charge in [0.2, 0.25) is 5.91 Å². The van der Waals surface area contributed by atoms with E-state index >= 15 is 0 Å². The summed E-state index contributed by atoms with van der Waals surface area (Å²) in [5.74, 6) is -0.151. The third-order valence-electron chi connectivity index (χ3n) is 3.96. The van der Waals surface area contributed by atoms with Crippen LogP contribution in [-0.4, -0.2) is 11.9 Å². The monoisotopic (exact) mass is 309 g/mol. The van der Waals surface area contributed by atoms with Crippen LogP contribution in [0.2, 0.25) is 0 Å². The molecule has 0 radical (unpaired) electrons. The van der Waals surface area contributed by atoms with Crippen molar-refractivity contribution < 1.29 is 14.3 Å². The molecule has 0 heterocycles. The highest BCUT2D eigenvalue weighted by Gasteiger charge is 2.29. The molecule has 1 aliphatic rings. The fourth-order valence-electron chi connectivity index (χ4n) is 2.28. The molecular weight excluding hydrogens is 290 g/mol. The lowest BCUT2D eigenvalue weighted by molar-refractivity contribution is -0.117. The molecule has 4 heteroatoms. The number of hydrogen-bond acceptors (Lipinski definition) is 3. The zero-order valence-corrected chi connectivity index (χ0v) is 13.0. The summed E-state index contributed by atoms with van der Waals surface area (Å²) in [6.45, 7) is 2.24. The molecule has 0 atom stereocenters. The summed E-state index contributed by atoms with van der Waals surface area (Å²) in [7, 11) is 0. The van der Waals surface area contributed by atoms with Crippen LogP contribution >= 0.6 is 0 Å². The number of anilines is 1. The quantitative estimate of drug-likeness (QED) is 0.857. The minimum Gasteiger partial charge on any atom is -0.457 e. The summed E-state index contributed by atoms with van der Waals surface area (Å²) in [4.78, 5) is 23.8. The topological polar surface area (TPSA) is 55.4 Å². The fourth-order valence-corrected chi connectivity index (χ4v) is 2.28. The summed E-state index contributed by atoms with van der Waals surface area (Å²) in [6.07, 6.45) is 1.93. The minimum absolute atomic E-state index is 0.0554. The third-order valence-corrected chi connectivity index (χ3v) is 3.96. The van der Waals surface area contributed by atoms with Gasteiger partial charge in [-0.05, 0) is 55.2 Å². The first-order valence-electron chi connectivity index (χ1n) is 7.76. The normalized spacial score (nSPS) is 13.4. The number of amides is 1. The number of hydrogen-bond donors (Lipinski definition) is 1. The highest BCUT2D eigenvalue weighted by atomic mass is 16.5. The van der Waals surface area contributed by atoms with Crippen molar-refractivity contribution in [3.05, 3.63) is 65.2 Å². The number of ether oxygens (including phenoxy) is 1. The molecule has 23 heavy (non-hydrogen) atoms. The predicted octanol–water partition coefficient (Wildman–Crippen LogP) is 3.70. The Hall–Kier alpha value is -2.62. The maximum atomic E-state index is 12.1. The standard InChI is InChI=1S/C19H19NO3/c1-13-4-2-3-5-16(13)12-23-19(22)15-8-10-17(11-9-15)20-18(21)14-6-7-14/h2-5,8-11,14H,6-7,12H2,1H3,(H,20,21). The van der Waals surface area contributed by atoms with Gasteiger partial charge < -0.3 is 10.1 Å². The predicted molar refractivity (Wildman–Crippen MR) is 88.1 cm³/mol. The molecule has 1 amide bonds. The van der Waals surface area contributed by atoms with Crippen molar-refractivity contribution >= 4 is 17.6 Å². The second-order valence-electron chi connectivity index (χ2n) is 5.84. The van der Waals surface area contributed by atoms with Crippen LogP contribution in [0.4, 0.5) is 5.69 Å². The summed E-state index contributed by atoms with van der Waals surface area (Å²) in [5.41, 5.74) is 3.27. The van der Waals surface area contributed by atoms with Crippen molar-refractivity contribution in [2.24, 2.45) is 5.92 Å². The molecule has 0 unspecified atom stereocenters. The Kier molecular flexibility index (Phi) is 4.42. The summed E-state index contributed by atoms with van der Waals surface area (Å²) in [6, 6.07) is 14.6. The lowest BCUT2D eigenvalue weighted by atomic mass is 10.1. The molecule has 0 saturated heterocycles. The molecule has 1 fully saturated rings. The van der Waals surface area contributed by atoms with Gasteiger partial charge in [0.25, 0.3) is 0 Å². The minimum atomic E-state index is -0.367. The Morgan fingerprint density at radius 1 is 1.09 bits per heavy atom. The van der Waals surface area contributed by atoms with Gasteiger partial charge in [-0.2, -0.15) is 0 Å². The van der Waals surface area contributed by atoms with Crippen LogP contribution in [0, 0.1) is 12.8 Å². The van der Waals surface area contributed by atoms with Crippen LogP contribution in [0.5, 0.6) is 0 Å². The van der Waals surface area contributed by atoms with E-state index < -0.39 is 0 Å². The van der Waals surface area contributed by atoms with E-state index in [4.69, 9.17) is 4.74 Å². The van der Waals surface area contributed by atoms with E-state index in [2.05, 4.69) is 5.32 Å². The van der Waals surface area contributed by atoms with Gasteiger partial charge in [-0.25, -0.2) is 4.79 Å². The van der Waals surface area contributed by atoms with Gasteiger partial charge in [0.15, 0.2) is 0 Å². The second kappa shape index (κ2) is 6.65.